The number of amides is 1. The first kappa shape index (κ1) is 13.0. The van der Waals surface area contributed by atoms with Gasteiger partial charge in [-0.15, -0.1) is 0 Å². The zero-order chi connectivity index (χ0) is 12.8. The van der Waals surface area contributed by atoms with Crippen molar-refractivity contribution in [1.29, 1.82) is 0 Å². The molecule has 0 aromatic carbocycles. The molecule has 2 heterocycles. The molecule has 1 fully saturated rings. The Kier molecular flexibility index (Phi) is 4.72. The number of nitrogens with one attached hydrogen (secondary N) is 1. The molecular weight excluding hydrogens is 234 g/mol. The van der Waals surface area contributed by atoms with Gasteiger partial charge < -0.3 is 14.5 Å². The summed E-state index contributed by atoms with van der Waals surface area (Å²) in [4.78, 5) is 18.1. The van der Waals surface area contributed by atoms with Crippen LogP contribution in [0.5, 0.6) is 0 Å². The number of carbonyl (C=O) groups is 1. The Morgan fingerprint density at radius 2 is 2.33 bits per heavy atom. The van der Waals surface area contributed by atoms with Crippen LogP contribution in [-0.2, 0) is 9.53 Å². The molecule has 0 radical (unpaired) electrons. The van der Waals surface area contributed by atoms with Crippen molar-refractivity contribution >= 4 is 5.91 Å². The monoisotopic (exact) mass is 253 g/mol. The van der Waals surface area contributed by atoms with Crippen LogP contribution in [0.1, 0.15) is 18.7 Å². The molecule has 100 valence electrons. The lowest BCUT2D eigenvalue weighted by Crippen LogP contribution is -2.42. The van der Waals surface area contributed by atoms with Gasteiger partial charge in [0.05, 0.1) is 19.4 Å². The second-order valence-electron chi connectivity index (χ2n) is 4.34. The fourth-order valence-electron chi connectivity index (χ4n) is 1.88. The standard InChI is InChI=1S/C12H19N3O3/c1-10(12-14-3-7-18-12)11(16)13-2-4-15-5-8-17-9-6-15/h3,7,10H,2,4-6,8-9H2,1H3,(H,13,16). The Morgan fingerprint density at radius 1 is 1.56 bits per heavy atom. The molecule has 2 rings (SSSR count). The average molecular weight is 253 g/mol. The van der Waals surface area contributed by atoms with Crippen LogP contribution in [0.15, 0.2) is 16.9 Å². The SMILES string of the molecule is CC(C(=O)NCCN1CCOCC1)c1ncco1. The first-order valence-corrected chi connectivity index (χ1v) is 6.24. The van der Waals surface area contributed by atoms with E-state index in [9.17, 15) is 4.79 Å². The maximum atomic E-state index is 11.8. The molecule has 1 aromatic rings. The molecule has 1 aliphatic rings. The van der Waals surface area contributed by atoms with Gasteiger partial charge >= 0.3 is 0 Å². The smallest absolute Gasteiger partial charge is 0.232 e. The molecule has 1 N–H and O–H groups in total. The van der Waals surface area contributed by atoms with Crippen LogP contribution in [-0.4, -0.2) is 55.2 Å². The van der Waals surface area contributed by atoms with E-state index in [0.717, 1.165) is 32.8 Å². The minimum absolute atomic E-state index is 0.0503. The summed E-state index contributed by atoms with van der Waals surface area (Å²) in [5.74, 6) is 0.0641. The lowest BCUT2D eigenvalue weighted by atomic mass is 10.1. The van der Waals surface area contributed by atoms with Gasteiger partial charge in [-0.25, -0.2) is 4.98 Å². The second-order valence-corrected chi connectivity index (χ2v) is 4.34. The van der Waals surface area contributed by atoms with Crippen LogP contribution >= 0.6 is 0 Å². The molecule has 0 bridgehead atoms. The second kappa shape index (κ2) is 6.51. The molecule has 0 saturated carbocycles. The zero-order valence-electron chi connectivity index (χ0n) is 10.6. The third kappa shape index (κ3) is 3.54. The topological polar surface area (TPSA) is 67.6 Å². The maximum Gasteiger partial charge on any atom is 0.232 e. The Hall–Kier alpha value is -1.40. The Balaban J connectivity index is 1.68. The number of nitrogens with zero attached hydrogens (tertiary/aromatic N) is 2. The molecule has 1 amide bonds. The molecule has 1 aromatic heterocycles. The molecular formula is C12H19N3O3. The van der Waals surface area contributed by atoms with Gasteiger partial charge in [-0.1, -0.05) is 0 Å². The van der Waals surface area contributed by atoms with E-state index >= 15 is 0 Å². The Bertz CT molecular complexity index is 361. The Morgan fingerprint density at radius 3 is 3.00 bits per heavy atom. The maximum absolute atomic E-state index is 11.8. The zero-order valence-corrected chi connectivity index (χ0v) is 10.6. The van der Waals surface area contributed by atoms with Crippen molar-refractivity contribution in [3.8, 4) is 0 Å². The normalized spacial score (nSPS) is 18.5. The summed E-state index contributed by atoms with van der Waals surface area (Å²) in [5, 5.41) is 2.90. The van der Waals surface area contributed by atoms with Crippen LogP contribution in [0.25, 0.3) is 0 Å². The lowest BCUT2D eigenvalue weighted by molar-refractivity contribution is -0.122. The van der Waals surface area contributed by atoms with E-state index in [1.165, 1.54) is 6.26 Å². The van der Waals surface area contributed by atoms with Crippen LogP contribution in [0.4, 0.5) is 0 Å². The summed E-state index contributed by atoms with van der Waals surface area (Å²) in [6.45, 7) is 6.71. The van der Waals surface area contributed by atoms with Gasteiger partial charge in [-0.3, -0.25) is 9.69 Å². The molecule has 1 unspecified atom stereocenters. The van der Waals surface area contributed by atoms with Gasteiger partial charge in [0.25, 0.3) is 0 Å². The van der Waals surface area contributed by atoms with E-state index in [4.69, 9.17) is 9.15 Å². The van der Waals surface area contributed by atoms with Gasteiger partial charge in [0.2, 0.25) is 11.8 Å². The lowest BCUT2D eigenvalue weighted by Gasteiger charge is -2.26. The molecule has 1 aliphatic heterocycles. The van der Waals surface area contributed by atoms with Crippen molar-refractivity contribution in [2.24, 2.45) is 0 Å². The van der Waals surface area contributed by atoms with E-state index in [1.54, 1.807) is 13.1 Å². The molecule has 18 heavy (non-hydrogen) atoms. The number of aromatic nitrogens is 1. The number of hydrogen-bond acceptors (Lipinski definition) is 5. The summed E-state index contributed by atoms with van der Waals surface area (Å²) >= 11 is 0. The van der Waals surface area contributed by atoms with E-state index < -0.39 is 0 Å². The number of ether oxygens (including phenoxy) is 1. The number of carbonyl (C=O) groups excluding carboxylic acids is 1. The van der Waals surface area contributed by atoms with Crippen molar-refractivity contribution in [3.05, 3.63) is 18.4 Å². The molecule has 6 heteroatoms. The van der Waals surface area contributed by atoms with E-state index in [-0.39, 0.29) is 11.8 Å². The highest BCUT2D eigenvalue weighted by Gasteiger charge is 2.19. The first-order valence-electron chi connectivity index (χ1n) is 6.24. The summed E-state index contributed by atoms with van der Waals surface area (Å²) in [5.41, 5.74) is 0. The predicted octanol–water partition coefficient (Wildman–Crippen LogP) is 0.227. The number of oxazole rings is 1. The van der Waals surface area contributed by atoms with E-state index in [2.05, 4.69) is 15.2 Å². The minimum atomic E-state index is -0.343. The average Bonchev–Trinajstić information content (AvgIpc) is 2.93. The van der Waals surface area contributed by atoms with E-state index in [0.29, 0.717) is 12.4 Å². The summed E-state index contributed by atoms with van der Waals surface area (Å²) in [7, 11) is 0. The highest BCUT2D eigenvalue weighted by molar-refractivity contribution is 5.82. The minimum Gasteiger partial charge on any atom is -0.448 e. The van der Waals surface area contributed by atoms with Gasteiger partial charge in [0.1, 0.15) is 12.2 Å². The predicted molar refractivity (Wildman–Crippen MR) is 65.2 cm³/mol. The number of rotatable bonds is 5. The van der Waals surface area contributed by atoms with Gasteiger partial charge in [-0.05, 0) is 6.92 Å². The molecule has 1 atom stereocenters. The highest BCUT2D eigenvalue weighted by Crippen LogP contribution is 2.11. The van der Waals surface area contributed by atoms with Crippen molar-refractivity contribution < 1.29 is 13.9 Å². The van der Waals surface area contributed by atoms with Crippen molar-refractivity contribution in [2.75, 3.05) is 39.4 Å². The van der Waals surface area contributed by atoms with E-state index in [1.807, 2.05) is 0 Å². The number of hydrogen-bond donors (Lipinski definition) is 1. The molecule has 0 aliphatic carbocycles. The van der Waals surface area contributed by atoms with Crippen molar-refractivity contribution in [1.82, 2.24) is 15.2 Å². The molecule has 0 spiro atoms. The third-order valence-corrected chi connectivity index (χ3v) is 3.05. The number of morpholine rings is 1. The largest absolute Gasteiger partial charge is 0.448 e. The van der Waals surface area contributed by atoms with Gasteiger partial charge in [-0.2, -0.15) is 0 Å². The van der Waals surface area contributed by atoms with Crippen LogP contribution in [0, 0.1) is 0 Å². The van der Waals surface area contributed by atoms with Crippen LogP contribution < -0.4 is 5.32 Å². The van der Waals surface area contributed by atoms with Crippen LogP contribution in [0.3, 0.4) is 0 Å². The van der Waals surface area contributed by atoms with Gasteiger partial charge in [0.15, 0.2) is 0 Å². The molecule has 6 nitrogen and oxygen atoms in total. The van der Waals surface area contributed by atoms with Crippen LogP contribution in [0.2, 0.25) is 0 Å². The first-order chi connectivity index (χ1) is 8.77. The Labute approximate surface area is 106 Å². The fourth-order valence-corrected chi connectivity index (χ4v) is 1.88. The third-order valence-electron chi connectivity index (χ3n) is 3.05. The fraction of sp³-hybridized carbons (Fsp3) is 0.667. The summed E-state index contributed by atoms with van der Waals surface area (Å²) in [6, 6.07) is 0. The highest BCUT2D eigenvalue weighted by atomic mass is 16.5. The van der Waals surface area contributed by atoms with Crippen molar-refractivity contribution in [3.63, 3.8) is 0 Å². The quantitative estimate of drug-likeness (QED) is 0.813. The van der Waals surface area contributed by atoms with Crippen molar-refractivity contribution in [2.45, 2.75) is 12.8 Å². The molecule has 1 saturated heterocycles. The summed E-state index contributed by atoms with van der Waals surface area (Å²) < 4.78 is 10.4. The summed E-state index contributed by atoms with van der Waals surface area (Å²) in [6.07, 6.45) is 3.03. The van der Waals surface area contributed by atoms with Gasteiger partial charge in [0, 0.05) is 26.2 Å².